The Labute approximate surface area is 54.4 Å². The fraction of sp³-hybridized carbons (Fsp3) is 1.00. The van der Waals surface area contributed by atoms with Gasteiger partial charge in [0.05, 0.1) is 6.61 Å². The molecule has 2 unspecified atom stereocenters. The minimum atomic E-state index is -4.15. The van der Waals surface area contributed by atoms with Crippen molar-refractivity contribution in [1.29, 1.82) is 1.43 Å². The van der Waals surface area contributed by atoms with Crippen LogP contribution in [0.1, 0.15) is 6.92 Å². The molecule has 0 heterocycles. The van der Waals surface area contributed by atoms with E-state index >= 15 is 0 Å². The molecule has 0 aromatic rings. The van der Waals surface area contributed by atoms with Crippen LogP contribution < -0.4 is 4.89 Å². The smallest absolute Gasteiger partial charge is 0.564 e. The molecular weight excluding hydrogens is 166 g/mol. The Morgan fingerprint density at radius 3 is 2.78 bits per heavy atom. The van der Waals surface area contributed by atoms with Crippen molar-refractivity contribution < 1.29 is 23.4 Å². The van der Waals surface area contributed by atoms with Gasteiger partial charge in [-0.15, -0.1) is 0 Å². The van der Waals surface area contributed by atoms with E-state index in [0.717, 1.165) is 0 Å². The summed E-state index contributed by atoms with van der Waals surface area (Å²) in [5.41, 5.74) is 0. The summed E-state index contributed by atoms with van der Waals surface area (Å²) in [6, 6.07) is 0. The third-order valence-corrected chi connectivity index (χ3v) is 3.02. The normalized spacial score (nSPS) is 20.2. The summed E-state index contributed by atoms with van der Waals surface area (Å²) in [6.45, 7) is 1.38. The van der Waals surface area contributed by atoms with Crippen molar-refractivity contribution in [2.75, 3.05) is 6.61 Å². The molecule has 0 aliphatic rings. The molecule has 7 heteroatoms. The van der Waals surface area contributed by atoms with Gasteiger partial charge in [-0.2, -0.15) is 0 Å². The Hall–Kier alpha value is 0.210. The van der Waals surface area contributed by atoms with Gasteiger partial charge in [-0.25, -0.2) is 4.57 Å². The summed E-state index contributed by atoms with van der Waals surface area (Å²) >= 11 is 0. The molecule has 9 heavy (non-hydrogen) atoms. The third kappa shape index (κ3) is 3.04. The monoisotopic (exact) mass is 173 g/mol. The molecule has 54 valence electrons. The van der Waals surface area contributed by atoms with Gasteiger partial charge in [0.2, 0.25) is 1.43 Å². The van der Waals surface area contributed by atoms with Crippen LogP contribution in [0.4, 0.5) is 0 Å². The lowest BCUT2D eigenvalue weighted by atomic mass is 10.9. The van der Waals surface area contributed by atoms with Gasteiger partial charge in [0.15, 0.2) is 0 Å². The zero-order valence-corrected chi connectivity index (χ0v) is 6.43. The van der Waals surface area contributed by atoms with E-state index in [0.29, 0.717) is 0 Å². The molecule has 0 bridgehead atoms. The summed E-state index contributed by atoms with van der Waals surface area (Å²) in [5.74, 6) is 0. The maximum absolute atomic E-state index is 10.7. The summed E-state index contributed by atoms with van der Waals surface area (Å²) in [5, 5.41) is 0. The molecule has 2 atom stereocenters. The second-order valence-corrected chi connectivity index (χ2v) is 5.24. The van der Waals surface area contributed by atoms with Crippen LogP contribution in [0.15, 0.2) is 0 Å². The van der Waals surface area contributed by atoms with E-state index in [2.05, 4.69) is 9.42 Å². The molecule has 0 radical (unpaired) electrons. The topological polar surface area (TPSA) is 86.7 Å². The van der Waals surface area contributed by atoms with Gasteiger partial charge in [-0.3, -0.25) is 9.42 Å². The Balaban J connectivity index is 4.25. The lowest BCUT2D eigenvalue weighted by molar-refractivity contribution is -0.160. The lowest BCUT2D eigenvalue weighted by Crippen LogP contribution is -1.91. The minimum Gasteiger partial charge on any atom is -0.587 e. The highest BCUT2D eigenvalue weighted by Crippen LogP contribution is 2.61. The molecule has 0 saturated heterocycles. The van der Waals surface area contributed by atoms with E-state index in [1.165, 1.54) is 6.92 Å². The van der Waals surface area contributed by atoms with Crippen LogP contribution >= 0.6 is 15.0 Å². The molecule has 0 aliphatic carbocycles. The van der Waals surface area contributed by atoms with E-state index < -0.39 is 15.0 Å². The van der Waals surface area contributed by atoms with Crippen molar-refractivity contribution in [3.05, 3.63) is 0 Å². The highest BCUT2D eigenvalue weighted by molar-refractivity contribution is 8.19. The van der Waals surface area contributed by atoms with Crippen LogP contribution in [0.25, 0.3) is 0 Å². The Morgan fingerprint density at radius 1 is 2.11 bits per heavy atom. The Bertz CT molecular complexity index is 169. The van der Waals surface area contributed by atoms with Crippen LogP contribution in [0, 0.1) is 0 Å². The average molecular weight is 173 g/mol. The summed E-state index contributed by atoms with van der Waals surface area (Å²) in [6.07, 6.45) is 0. The molecule has 5 nitrogen and oxygen atoms in total. The van der Waals surface area contributed by atoms with Gasteiger partial charge in [-0.1, -0.05) is 4.57 Å². The van der Waals surface area contributed by atoms with Crippen LogP contribution in [0.2, 0.25) is 0 Å². The van der Waals surface area contributed by atoms with Gasteiger partial charge in [0.1, 0.15) is 0 Å². The first-order chi connectivity index (χ1) is 4.56. The fourth-order valence-corrected chi connectivity index (χ4v) is 1.26. The lowest BCUT2D eigenvalue weighted by Gasteiger charge is -1.97. The molecule has 0 rings (SSSR count). The predicted molar refractivity (Wildman–Crippen MR) is 29.1 cm³/mol. The molecule has 0 aliphatic heterocycles. The molecule has 0 saturated carbocycles. The van der Waals surface area contributed by atoms with E-state index in [1.807, 2.05) is 0 Å². The first-order valence-corrected chi connectivity index (χ1v) is 5.53. The zero-order valence-electron chi connectivity index (χ0n) is 5.64. The Kier molecular flexibility index (Phi) is 2.76. The van der Waals surface area contributed by atoms with Gasteiger partial charge in [0, 0.05) is 0 Å². The number of hydrogen-bond acceptors (Lipinski definition) is 5. The van der Waals surface area contributed by atoms with Gasteiger partial charge in [-0.05, 0) is 6.92 Å². The maximum atomic E-state index is 10.7. The fourth-order valence-electron chi connectivity index (χ4n) is 0.210. The van der Waals surface area contributed by atoms with E-state index in [4.69, 9.17) is 1.43 Å². The standard InChI is InChI=1S/C2H6O5P2/c1-2-7-9(5,6)8(3)4/h2H2,1H3,(H,5,6)/i/hD. The van der Waals surface area contributed by atoms with Crippen molar-refractivity contribution in [1.82, 2.24) is 0 Å². The molecule has 0 spiro atoms. The summed E-state index contributed by atoms with van der Waals surface area (Å²) < 4.78 is 31.0. The van der Waals surface area contributed by atoms with Crippen molar-refractivity contribution >= 4 is 15.0 Å². The largest absolute Gasteiger partial charge is 0.587 e. The van der Waals surface area contributed by atoms with Crippen molar-refractivity contribution in [2.24, 2.45) is 0 Å². The third-order valence-electron chi connectivity index (χ3n) is 0.492. The molecule has 1 N–H and O–H groups in total. The van der Waals surface area contributed by atoms with E-state index in [1.54, 1.807) is 0 Å². The molecule has 0 aromatic heterocycles. The number of rotatable bonds is 4. The first kappa shape index (κ1) is 7.32. The maximum Gasteiger partial charge on any atom is 0.564 e. The van der Waals surface area contributed by atoms with Crippen molar-refractivity contribution in [3.63, 3.8) is 0 Å². The second kappa shape index (κ2) is 3.40. The van der Waals surface area contributed by atoms with Gasteiger partial charge >= 0.3 is 15.0 Å². The SMILES string of the molecule is [2H]OP(=O)(OCC)[P+](=O)[O-]. The van der Waals surface area contributed by atoms with Crippen LogP contribution in [0.5, 0.6) is 0 Å². The van der Waals surface area contributed by atoms with Crippen LogP contribution in [-0.2, 0) is 13.7 Å². The highest BCUT2D eigenvalue weighted by Gasteiger charge is 2.35. The van der Waals surface area contributed by atoms with Crippen LogP contribution in [-0.4, -0.2) is 12.9 Å². The average Bonchev–Trinajstić information content (AvgIpc) is 1.88. The van der Waals surface area contributed by atoms with E-state index in [-0.39, 0.29) is 6.61 Å². The highest BCUT2D eigenvalue weighted by atomic mass is 32.1. The second-order valence-electron chi connectivity index (χ2n) is 1.12. The Morgan fingerprint density at radius 2 is 2.67 bits per heavy atom. The molecule has 0 amide bonds. The van der Waals surface area contributed by atoms with Crippen LogP contribution in [0.3, 0.4) is 0 Å². The van der Waals surface area contributed by atoms with Crippen molar-refractivity contribution in [2.45, 2.75) is 6.92 Å². The summed E-state index contributed by atoms with van der Waals surface area (Å²) in [7, 11) is -7.48. The van der Waals surface area contributed by atoms with E-state index in [9.17, 15) is 14.0 Å². The molecule has 0 fully saturated rings. The van der Waals surface area contributed by atoms with Gasteiger partial charge in [0.25, 0.3) is 0 Å². The minimum absolute atomic E-state index is 0.0700. The quantitative estimate of drug-likeness (QED) is 0.614. The molecule has 0 aromatic carbocycles. The predicted octanol–water partition coefficient (Wildman–Crippen LogP) is 0.226. The molecular formula is C2H6O5P2. The number of hydrogen-bond donors (Lipinski definition) is 1. The van der Waals surface area contributed by atoms with Crippen molar-refractivity contribution in [3.8, 4) is 0 Å². The first-order valence-electron chi connectivity index (χ1n) is 2.52. The zero-order chi connectivity index (χ0) is 8.20. The van der Waals surface area contributed by atoms with Gasteiger partial charge < -0.3 is 4.89 Å². The summed E-state index contributed by atoms with van der Waals surface area (Å²) in [4.78, 5) is 13.5.